The molecular weight excluding hydrogens is 364 g/mol. The predicted molar refractivity (Wildman–Crippen MR) is 103 cm³/mol. The number of nitrogens with one attached hydrogen (secondary N) is 2. The number of thiophene rings is 1. The fraction of sp³-hybridized carbons (Fsp3) is 0.650. The highest BCUT2D eigenvalue weighted by Crippen LogP contribution is 2.60. The minimum absolute atomic E-state index is 0.139. The number of ether oxygens (including phenoxy) is 1. The first-order valence-electron chi connectivity index (χ1n) is 9.73. The number of carbonyl (C=O) groups excluding carboxylic acids is 3. The summed E-state index contributed by atoms with van der Waals surface area (Å²) in [6.45, 7) is 0.324. The van der Waals surface area contributed by atoms with E-state index in [1.165, 1.54) is 37.7 Å². The molecule has 4 saturated carbocycles. The number of hydrogen-bond donors (Lipinski definition) is 2. The van der Waals surface area contributed by atoms with Crippen molar-refractivity contribution >= 4 is 34.8 Å². The van der Waals surface area contributed by atoms with Gasteiger partial charge in [0, 0.05) is 18.4 Å². The zero-order valence-corrected chi connectivity index (χ0v) is 16.4. The summed E-state index contributed by atoms with van der Waals surface area (Å²) < 4.78 is 4.71. The summed E-state index contributed by atoms with van der Waals surface area (Å²) in [4.78, 5) is 37.1. The van der Waals surface area contributed by atoms with Crippen LogP contribution in [0, 0.1) is 23.2 Å². The summed E-state index contributed by atoms with van der Waals surface area (Å²) in [5.74, 6) is 1.63. The topological polar surface area (TPSA) is 84.5 Å². The van der Waals surface area contributed by atoms with Gasteiger partial charge in [-0.1, -0.05) is 0 Å². The van der Waals surface area contributed by atoms with Gasteiger partial charge in [0.1, 0.15) is 4.88 Å². The number of anilines is 1. The van der Waals surface area contributed by atoms with E-state index in [-0.39, 0.29) is 23.7 Å². The van der Waals surface area contributed by atoms with E-state index >= 15 is 0 Å². The van der Waals surface area contributed by atoms with Crippen molar-refractivity contribution in [1.82, 2.24) is 5.32 Å². The summed E-state index contributed by atoms with van der Waals surface area (Å²) in [6.07, 6.45) is 7.17. The zero-order valence-electron chi connectivity index (χ0n) is 15.6. The SMILES string of the molecule is COC(=O)c1sccc1NC(=O)CCNC(=O)C12CC3CC(CC(C3)C1)C2. The molecule has 4 bridgehead atoms. The molecule has 4 fully saturated rings. The van der Waals surface area contributed by atoms with Gasteiger partial charge in [-0.25, -0.2) is 4.79 Å². The van der Waals surface area contributed by atoms with Gasteiger partial charge in [-0.15, -0.1) is 11.3 Å². The Balaban J connectivity index is 1.28. The van der Waals surface area contributed by atoms with E-state index in [0.29, 0.717) is 17.1 Å². The van der Waals surface area contributed by atoms with Crippen molar-refractivity contribution in [3.63, 3.8) is 0 Å². The highest BCUT2D eigenvalue weighted by Gasteiger charge is 2.54. The second-order valence-corrected chi connectivity index (χ2v) is 9.32. The molecule has 27 heavy (non-hydrogen) atoms. The first kappa shape index (κ1) is 18.5. The lowest BCUT2D eigenvalue weighted by Crippen LogP contribution is -2.53. The maximum atomic E-state index is 12.9. The summed E-state index contributed by atoms with van der Waals surface area (Å²) in [7, 11) is 1.31. The maximum absolute atomic E-state index is 12.9. The summed E-state index contributed by atoms with van der Waals surface area (Å²) in [5.41, 5.74) is 0.278. The third-order valence-electron chi connectivity index (χ3n) is 6.47. The van der Waals surface area contributed by atoms with Crippen LogP contribution in [0.3, 0.4) is 0 Å². The molecule has 0 atom stereocenters. The Hall–Kier alpha value is -1.89. The molecule has 0 aliphatic heterocycles. The normalized spacial score (nSPS) is 30.8. The van der Waals surface area contributed by atoms with Gasteiger partial charge in [0.25, 0.3) is 0 Å². The van der Waals surface area contributed by atoms with Gasteiger partial charge in [0.2, 0.25) is 11.8 Å². The number of hydrogen-bond acceptors (Lipinski definition) is 5. The Morgan fingerprint density at radius 3 is 2.37 bits per heavy atom. The van der Waals surface area contributed by atoms with Crippen LogP contribution in [0.4, 0.5) is 5.69 Å². The quantitative estimate of drug-likeness (QED) is 0.731. The molecule has 0 spiro atoms. The summed E-state index contributed by atoms with van der Waals surface area (Å²) >= 11 is 1.23. The van der Waals surface area contributed by atoms with Crippen molar-refractivity contribution in [1.29, 1.82) is 0 Å². The van der Waals surface area contributed by atoms with Gasteiger partial charge in [0.05, 0.1) is 12.8 Å². The minimum Gasteiger partial charge on any atom is -0.465 e. The van der Waals surface area contributed by atoms with E-state index in [1.54, 1.807) is 11.4 Å². The van der Waals surface area contributed by atoms with Crippen LogP contribution < -0.4 is 10.6 Å². The monoisotopic (exact) mass is 390 g/mol. The molecule has 0 radical (unpaired) electrons. The fourth-order valence-electron chi connectivity index (χ4n) is 5.74. The standard InChI is InChI=1S/C20H26N2O4S/c1-26-18(24)17-15(3-5-27-17)22-16(23)2-4-21-19(25)20-9-12-6-13(10-20)8-14(7-12)11-20/h3,5,12-14H,2,4,6-11H2,1H3,(H,21,25)(H,22,23). The smallest absolute Gasteiger partial charge is 0.350 e. The van der Waals surface area contributed by atoms with Crippen LogP contribution in [0.15, 0.2) is 11.4 Å². The number of amides is 2. The Labute approximate surface area is 163 Å². The highest BCUT2D eigenvalue weighted by molar-refractivity contribution is 7.12. The summed E-state index contributed by atoms with van der Waals surface area (Å²) in [6, 6.07) is 1.68. The molecule has 0 saturated heterocycles. The van der Waals surface area contributed by atoms with Gasteiger partial charge in [-0.2, -0.15) is 0 Å². The maximum Gasteiger partial charge on any atom is 0.350 e. The Bertz CT molecular complexity index is 722. The van der Waals surface area contributed by atoms with Crippen LogP contribution >= 0.6 is 11.3 Å². The third kappa shape index (κ3) is 3.61. The van der Waals surface area contributed by atoms with Crippen molar-refractivity contribution in [2.45, 2.75) is 44.9 Å². The van der Waals surface area contributed by atoms with E-state index in [2.05, 4.69) is 10.6 Å². The lowest BCUT2D eigenvalue weighted by Gasteiger charge is -2.55. The Morgan fingerprint density at radius 2 is 1.78 bits per heavy atom. The minimum atomic E-state index is -0.463. The molecule has 4 aliphatic carbocycles. The Kier molecular flexibility index (Phi) is 4.97. The van der Waals surface area contributed by atoms with Crippen LogP contribution in [0.25, 0.3) is 0 Å². The number of esters is 1. The first-order valence-corrected chi connectivity index (χ1v) is 10.6. The molecule has 2 N–H and O–H groups in total. The molecule has 1 aromatic heterocycles. The number of methoxy groups -OCH3 is 1. The predicted octanol–water partition coefficient (Wildman–Crippen LogP) is 3.20. The van der Waals surface area contributed by atoms with Crippen molar-refractivity contribution in [3.05, 3.63) is 16.3 Å². The molecular formula is C20H26N2O4S. The average molecular weight is 391 g/mol. The van der Waals surface area contributed by atoms with E-state index in [0.717, 1.165) is 37.0 Å². The van der Waals surface area contributed by atoms with Gasteiger partial charge in [-0.3, -0.25) is 9.59 Å². The van der Waals surface area contributed by atoms with Crippen LogP contribution in [-0.4, -0.2) is 31.4 Å². The molecule has 2 amide bonds. The molecule has 1 aromatic rings. The van der Waals surface area contributed by atoms with E-state index in [1.807, 2.05) is 0 Å². The van der Waals surface area contributed by atoms with Crippen molar-refractivity contribution < 1.29 is 19.1 Å². The molecule has 5 rings (SSSR count). The van der Waals surface area contributed by atoms with Crippen LogP contribution in [0.2, 0.25) is 0 Å². The van der Waals surface area contributed by atoms with Gasteiger partial charge < -0.3 is 15.4 Å². The van der Waals surface area contributed by atoms with Crippen LogP contribution in [0.5, 0.6) is 0 Å². The van der Waals surface area contributed by atoms with Gasteiger partial charge in [-0.05, 0) is 67.7 Å². The molecule has 146 valence electrons. The molecule has 0 unspecified atom stereocenters. The molecule has 6 nitrogen and oxygen atoms in total. The average Bonchev–Trinajstić information content (AvgIpc) is 3.07. The van der Waals surface area contributed by atoms with Gasteiger partial charge in [0.15, 0.2) is 0 Å². The summed E-state index contributed by atoms with van der Waals surface area (Å²) in [5, 5.41) is 7.48. The van der Waals surface area contributed by atoms with Crippen LogP contribution in [0.1, 0.15) is 54.6 Å². The highest BCUT2D eigenvalue weighted by atomic mass is 32.1. The zero-order chi connectivity index (χ0) is 19.0. The first-order chi connectivity index (χ1) is 13.0. The number of rotatable bonds is 6. The van der Waals surface area contributed by atoms with Crippen molar-refractivity contribution in [2.75, 3.05) is 19.0 Å². The largest absolute Gasteiger partial charge is 0.465 e. The van der Waals surface area contributed by atoms with Crippen molar-refractivity contribution in [2.24, 2.45) is 23.2 Å². The molecule has 1 heterocycles. The lowest BCUT2D eigenvalue weighted by atomic mass is 9.49. The Morgan fingerprint density at radius 1 is 1.15 bits per heavy atom. The van der Waals surface area contributed by atoms with E-state index in [9.17, 15) is 14.4 Å². The lowest BCUT2D eigenvalue weighted by molar-refractivity contribution is -0.146. The van der Waals surface area contributed by atoms with Gasteiger partial charge >= 0.3 is 5.97 Å². The third-order valence-corrected chi connectivity index (χ3v) is 7.36. The van der Waals surface area contributed by atoms with E-state index < -0.39 is 5.97 Å². The fourth-order valence-corrected chi connectivity index (χ4v) is 6.50. The van der Waals surface area contributed by atoms with Crippen molar-refractivity contribution in [3.8, 4) is 0 Å². The molecule has 7 heteroatoms. The van der Waals surface area contributed by atoms with Crippen LogP contribution in [-0.2, 0) is 14.3 Å². The molecule has 0 aromatic carbocycles. The number of carbonyl (C=O) groups is 3. The molecule has 4 aliphatic rings. The second kappa shape index (κ2) is 7.26. The second-order valence-electron chi connectivity index (χ2n) is 8.41. The van der Waals surface area contributed by atoms with E-state index in [4.69, 9.17) is 4.74 Å².